The van der Waals surface area contributed by atoms with Gasteiger partial charge in [0.15, 0.2) is 0 Å². The normalized spacial score (nSPS) is 11.3. The van der Waals surface area contributed by atoms with Gasteiger partial charge >= 0.3 is 0 Å². The maximum atomic E-state index is 13.7. The van der Waals surface area contributed by atoms with Gasteiger partial charge < -0.3 is 0 Å². The zero-order valence-corrected chi connectivity index (χ0v) is 13.0. The number of carbonyl (C=O) groups excluding carboxylic acids is 1. The Hall–Kier alpha value is -1.96. The molecule has 2 aromatic rings. The van der Waals surface area contributed by atoms with E-state index in [0.717, 1.165) is 11.6 Å². The number of sulfonamides is 1. The minimum absolute atomic E-state index is 0.0119. The first-order valence-electron chi connectivity index (χ1n) is 6.10. The van der Waals surface area contributed by atoms with E-state index in [1.165, 1.54) is 24.3 Å². The molecule has 0 fully saturated rings. The predicted octanol–water partition coefficient (Wildman–Crippen LogP) is 2.49. The summed E-state index contributed by atoms with van der Waals surface area (Å²) in [5.41, 5.74) is 0.244. The Balaban J connectivity index is 2.44. The van der Waals surface area contributed by atoms with Crippen LogP contribution in [0.2, 0.25) is 5.02 Å². The van der Waals surface area contributed by atoms with Crippen molar-refractivity contribution in [2.75, 3.05) is 0 Å². The standard InChI is InChI=1S/C14H12ClFN2O3S/c1-9-5-7-10(8-6-9)22(20,21)18(17)14(19)13-11(15)3-2-4-12(13)16/h2-8H,17H2,1H3. The smallest absolute Gasteiger partial charge is 0.266 e. The minimum atomic E-state index is -4.30. The van der Waals surface area contributed by atoms with Crippen LogP contribution in [0.3, 0.4) is 0 Å². The van der Waals surface area contributed by atoms with E-state index in [2.05, 4.69) is 0 Å². The van der Waals surface area contributed by atoms with Gasteiger partial charge in [-0.05, 0) is 31.2 Å². The summed E-state index contributed by atoms with van der Waals surface area (Å²) in [6.45, 7) is 1.78. The molecule has 2 rings (SSSR count). The molecule has 0 saturated heterocycles. The predicted molar refractivity (Wildman–Crippen MR) is 80.1 cm³/mol. The van der Waals surface area contributed by atoms with Gasteiger partial charge in [-0.2, -0.15) is 12.8 Å². The number of hydrazine groups is 1. The van der Waals surface area contributed by atoms with Gasteiger partial charge in [0.1, 0.15) is 5.82 Å². The number of carbonyl (C=O) groups is 1. The van der Waals surface area contributed by atoms with Crippen molar-refractivity contribution in [3.05, 3.63) is 64.4 Å². The highest BCUT2D eigenvalue weighted by Crippen LogP contribution is 2.23. The second kappa shape index (κ2) is 6.04. The number of hydrogen-bond donors (Lipinski definition) is 1. The van der Waals surface area contributed by atoms with Crippen LogP contribution < -0.4 is 5.84 Å². The molecule has 0 aliphatic rings. The molecule has 0 unspecified atom stereocenters. The monoisotopic (exact) mass is 342 g/mol. The first-order chi connectivity index (χ1) is 10.2. The van der Waals surface area contributed by atoms with Crippen LogP contribution in [-0.2, 0) is 10.0 Å². The molecule has 0 aliphatic carbocycles. The van der Waals surface area contributed by atoms with Crippen LogP contribution in [0.25, 0.3) is 0 Å². The van der Waals surface area contributed by atoms with Crippen molar-refractivity contribution in [1.82, 2.24) is 4.41 Å². The zero-order valence-electron chi connectivity index (χ0n) is 11.5. The topological polar surface area (TPSA) is 80.5 Å². The number of rotatable bonds is 3. The third-order valence-electron chi connectivity index (χ3n) is 2.95. The Morgan fingerprint density at radius 2 is 1.77 bits per heavy atom. The number of benzene rings is 2. The number of hydrogen-bond acceptors (Lipinski definition) is 4. The lowest BCUT2D eigenvalue weighted by molar-refractivity contribution is 0.0857. The van der Waals surface area contributed by atoms with Crippen LogP contribution in [0.5, 0.6) is 0 Å². The van der Waals surface area contributed by atoms with Crippen molar-refractivity contribution in [2.24, 2.45) is 5.84 Å². The maximum absolute atomic E-state index is 13.7. The van der Waals surface area contributed by atoms with Gasteiger partial charge in [0.05, 0.1) is 15.5 Å². The molecule has 0 saturated carbocycles. The number of nitrogens with zero attached hydrogens (tertiary/aromatic N) is 1. The van der Waals surface area contributed by atoms with E-state index in [-0.39, 0.29) is 14.3 Å². The Bertz CT molecular complexity index is 802. The van der Waals surface area contributed by atoms with Gasteiger partial charge in [0.2, 0.25) is 0 Å². The lowest BCUT2D eigenvalue weighted by Crippen LogP contribution is -2.43. The van der Waals surface area contributed by atoms with Crippen LogP contribution in [-0.4, -0.2) is 18.7 Å². The average molecular weight is 343 g/mol. The van der Waals surface area contributed by atoms with E-state index >= 15 is 0 Å². The molecular weight excluding hydrogens is 331 g/mol. The summed E-state index contributed by atoms with van der Waals surface area (Å²) in [6.07, 6.45) is 0. The average Bonchev–Trinajstić information content (AvgIpc) is 2.46. The van der Waals surface area contributed by atoms with Crippen molar-refractivity contribution in [2.45, 2.75) is 11.8 Å². The van der Waals surface area contributed by atoms with E-state index in [0.29, 0.717) is 0 Å². The first-order valence-corrected chi connectivity index (χ1v) is 7.92. The van der Waals surface area contributed by atoms with Crippen molar-refractivity contribution in [3.8, 4) is 0 Å². The minimum Gasteiger partial charge on any atom is -0.266 e. The highest BCUT2D eigenvalue weighted by Gasteiger charge is 2.30. The van der Waals surface area contributed by atoms with Crippen LogP contribution in [0, 0.1) is 12.7 Å². The highest BCUT2D eigenvalue weighted by molar-refractivity contribution is 7.89. The van der Waals surface area contributed by atoms with Gasteiger partial charge in [-0.25, -0.2) is 10.2 Å². The summed E-state index contributed by atoms with van der Waals surface area (Å²) in [5.74, 6) is 3.21. The molecule has 0 spiro atoms. The van der Waals surface area contributed by atoms with Gasteiger partial charge in [-0.15, -0.1) is 0 Å². The fourth-order valence-corrected chi connectivity index (χ4v) is 3.01. The zero-order chi connectivity index (χ0) is 16.5. The quantitative estimate of drug-likeness (QED) is 0.528. The lowest BCUT2D eigenvalue weighted by atomic mass is 10.2. The second-order valence-electron chi connectivity index (χ2n) is 4.52. The first kappa shape index (κ1) is 16.4. The fourth-order valence-electron chi connectivity index (χ4n) is 1.75. The fraction of sp³-hybridized carbons (Fsp3) is 0.0714. The molecule has 0 aromatic heterocycles. The van der Waals surface area contributed by atoms with Gasteiger partial charge in [-0.3, -0.25) is 4.79 Å². The van der Waals surface area contributed by atoms with Crippen LogP contribution in [0.1, 0.15) is 15.9 Å². The summed E-state index contributed by atoms with van der Waals surface area (Å²) in [6, 6.07) is 9.28. The molecular formula is C14H12ClFN2O3S. The van der Waals surface area contributed by atoms with E-state index in [4.69, 9.17) is 17.4 Å². The summed E-state index contributed by atoms with van der Waals surface area (Å²) in [7, 11) is -4.30. The molecule has 1 amide bonds. The molecule has 8 heteroatoms. The maximum Gasteiger partial charge on any atom is 0.286 e. The Morgan fingerprint density at radius 3 is 2.32 bits per heavy atom. The SMILES string of the molecule is Cc1ccc(S(=O)(=O)N(N)C(=O)c2c(F)cccc2Cl)cc1. The second-order valence-corrected chi connectivity index (χ2v) is 6.74. The molecule has 5 nitrogen and oxygen atoms in total. The molecule has 0 bridgehead atoms. The van der Waals surface area contributed by atoms with Crippen molar-refractivity contribution >= 4 is 27.5 Å². The molecule has 116 valence electrons. The van der Waals surface area contributed by atoms with E-state index in [1.54, 1.807) is 19.1 Å². The third-order valence-corrected chi connectivity index (χ3v) is 4.82. The number of aryl methyl sites for hydroxylation is 1. The summed E-state index contributed by atoms with van der Waals surface area (Å²) in [5, 5.41) is -0.223. The Morgan fingerprint density at radius 1 is 1.18 bits per heavy atom. The summed E-state index contributed by atoms with van der Waals surface area (Å²) in [4.78, 5) is 12.0. The van der Waals surface area contributed by atoms with E-state index in [9.17, 15) is 17.6 Å². The van der Waals surface area contributed by atoms with Gasteiger partial charge in [0, 0.05) is 0 Å². The van der Waals surface area contributed by atoms with Crippen molar-refractivity contribution in [1.29, 1.82) is 0 Å². The number of amides is 1. The van der Waals surface area contributed by atoms with Crippen LogP contribution in [0.4, 0.5) is 4.39 Å². The van der Waals surface area contributed by atoms with Crippen LogP contribution in [0.15, 0.2) is 47.4 Å². The summed E-state index contributed by atoms with van der Waals surface area (Å²) < 4.78 is 38.3. The molecule has 0 aliphatic heterocycles. The van der Waals surface area contributed by atoms with E-state index < -0.39 is 27.3 Å². The van der Waals surface area contributed by atoms with Gasteiger partial charge in [0.25, 0.3) is 15.9 Å². The summed E-state index contributed by atoms with van der Waals surface area (Å²) >= 11 is 5.75. The highest BCUT2D eigenvalue weighted by atomic mass is 35.5. The largest absolute Gasteiger partial charge is 0.286 e. The molecule has 22 heavy (non-hydrogen) atoms. The number of nitrogens with two attached hydrogens (primary N) is 1. The lowest BCUT2D eigenvalue weighted by Gasteiger charge is -2.17. The number of halogens is 2. The Labute approximate surface area is 132 Å². The molecule has 0 heterocycles. The van der Waals surface area contributed by atoms with Gasteiger partial charge in [-0.1, -0.05) is 35.4 Å². The van der Waals surface area contributed by atoms with E-state index in [1.807, 2.05) is 0 Å². The third kappa shape index (κ3) is 2.96. The van der Waals surface area contributed by atoms with Crippen molar-refractivity contribution < 1.29 is 17.6 Å². The molecule has 2 aromatic carbocycles. The molecule has 0 atom stereocenters. The van der Waals surface area contributed by atoms with Crippen LogP contribution >= 0.6 is 11.6 Å². The van der Waals surface area contributed by atoms with Crippen molar-refractivity contribution in [3.63, 3.8) is 0 Å². The molecule has 0 radical (unpaired) electrons. The Kier molecular flexibility index (Phi) is 4.50. The molecule has 2 N–H and O–H groups in total.